The number of carbonyl (C=O) groups is 3. The van der Waals surface area contributed by atoms with E-state index in [-0.39, 0.29) is 25.0 Å². The Morgan fingerprint density at radius 1 is 1.25 bits per heavy atom. The minimum Gasteiger partial charge on any atom is -0.484 e. The number of hydrogen-bond acceptors (Lipinski definition) is 9. The predicted molar refractivity (Wildman–Crippen MR) is 159 cm³/mol. The molecule has 1 aliphatic heterocycles. The topological polar surface area (TPSA) is 98.1 Å². The van der Waals surface area contributed by atoms with Gasteiger partial charge in [0.1, 0.15) is 20.8 Å². The van der Waals surface area contributed by atoms with Crippen LogP contribution in [0, 0.1) is 5.92 Å². The molecule has 2 aromatic heterocycles. The van der Waals surface area contributed by atoms with Crippen molar-refractivity contribution in [1.82, 2.24) is 4.90 Å². The third kappa shape index (κ3) is 6.32. The number of esters is 1. The van der Waals surface area contributed by atoms with Gasteiger partial charge < -0.3 is 19.2 Å². The fourth-order valence-corrected chi connectivity index (χ4v) is 7.25. The number of benzene rings is 1. The molecule has 1 aliphatic carbocycles. The van der Waals surface area contributed by atoms with Gasteiger partial charge in [-0.2, -0.15) is 0 Å². The molecular weight excluding hydrogens is 569 g/mol. The van der Waals surface area contributed by atoms with Crippen molar-refractivity contribution < 1.29 is 28.3 Å². The molecule has 0 radical (unpaired) electrons. The molecule has 0 saturated carbocycles. The second-order valence-electron chi connectivity index (χ2n) is 9.53. The Balaban J connectivity index is 1.19. The Hall–Kier alpha value is -3.41. The van der Waals surface area contributed by atoms with E-state index in [0.717, 1.165) is 35.3 Å². The molecule has 3 aromatic rings. The number of nitrogens with zero attached hydrogens (tertiary/aromatic N) is 1. The van der Waals surface area contributed by atoms with Crippen LogP contribution in [0.25, 0.3) is 6.08 Å². The van der Waals surface area contributed by atoms with E-state index in [9.17, 15) is 14.4 Å². The molecule has 1 N–H and O–H groups in total. The van der Waals surface area contributed by atoms with E-state index < -0.39 is 5.97 Å². The van der Waals surface area contributed by atoms with Crippen LogP contribution in [0.15, 0.2) is 52.0 Å². The molecule has 40 heavy (non-hydrogen) atoms. The number of rotatable bonds is 9. The van der Waals surface area contributed by atoms with Gasteiger partial charge in [-0.3, -0.25) is 14.5 Å². The van der Waals surface area contributed by atoms with Gasteiger partial charge in [0.05, 0.1) is 29.9 Å². The van der Waals surface area contributed by atoms with Crippen LogP contribution >= 0.6 is 35.3 Å². The lowest BCUT2D eigenvalue weighted by Gasteiger charge is -2.18. The number of carbonyl (C=O) groups excluding carboxylic acids is 3. The maximum Gasteiger partial charge on any atom is 0.341 e. The van der Waals surface area contributed by atoms with Crippen LogP contribution in [-0.4, -0.2) is 40.2 Å². The number of furan rings is 1. The van der Waals surface area contributed by atoms with Crippen molar-refractivity contribution in [2.24, 2.45) is 5.92 Å². The first-order valence-corrected chi connectivity index (χ1v) is 15.0. The van der Waals surface area contributed by atoms with Crippen molar-refractivity contribution in [1.29, 1.82) is 0 Å². The van der Waals surface area contributed by atoms with E-state index in [1.807, 2.05) is 0 Å². The lowest BCUT2D eigenvalue weighted by atomic mass is 9.88. The van der Waals surface area contributed by atoms with Crippen molar-refractivity contribution in [3.63, 3.8) is 0 Å². The highest BCUT2D eigenvalue weighted by Crippen LogP contribution is 2.40. The average Bonchev–Trinajstić information content (AvgIpc) is 3.63. The second-order valence-corrected chi connectivity index (χ2v) is 12.3. The van der Waals surface area contributed by atoms with Gasteiger partial charge in [0.25, 0.3) is 11.8 Å². The number of ether oxygens (including phenoxy) is 2. The predicted octanol–water partition coefficient (Wildman–Crippen LogP) is 6.06. The molecule has 1 aromatic carbocycles. The Kier molecular flexibility index (Phi) is 8.72. The SMILES string of the molecule is CCOC(=O)c1c(NC(=O)COc2ccc(/C=C3\SC(=S)N(Cc4ccco4)C3=O)cc2)sc2c1CCC(C)C2. The maximum absolute atomic E-state index is 12.8. The molecular formula is C29H28N2O6S3. The summed E-state index contributed by atoms with van der Waals surface area (Å²) < 4.78 is 16.8. The molecule has 1 atom stereocenters. The van der Waals surface area contributed by atoms with E-state index in [0.29, 0.717) is 43.8 Å². The molecule has 2 aliphatic rings. The van der Waals surface area contributed by atoms with Gasteiger partial charge in [0.15, 0.2) is 6.61 Å². The lowest BCUT2D eigenvalue weighted by Crippen LogP contribution is -2.27. The molecule has 1 unspecified atom stereocenters. The van der Waals surface area contributed by atoms with E-state index in [4.69, 9.17) is 26.1 Å². The average molecular weight is 597 g/mol. The summed E-state index contributed by atoms with van der Waals surface area (Å²) in [6.07, 6.45) is 6.02. The van der Waals surface area contributed by atoms with Gasteiger partial charge >= 0.3 is 5.97 Å². The van der Waals surface area contributed by atoms with E-state index in [2.05, 4.69) is 12.2 Å². The number of amides is 2. The highest BCUT2D eigenvalue weighted by Gasteiger charge is 2.33. The Labute approximate surface area is 245 Å². The lowest BCUT2D eigenvalue weighted by molar-refractivity contribution is -0.122. The molecule has 3 heterocycles. The second kappa shape index (κ2) is 12.4. The zero-order chi connectivity index (χ0) is 28.2. The van der Waals surface area contributed by atoms with Crippen molar-refractivity contribution >= 4 is 68.5 Å². The quantitative estimate of drug-likeness (QED) is 0.181. The molecule has 5 rings (SSSR count). The highest BCUT2D eigenvalue weighted by molar-refractivity contribution is 8.26. The first-order valence-electron chi connectivity index (χ1n) is 12.9. The molecule has 0 spiro atoms. The number of anilines is 1. The number of hydrogen-bond donors (Lipinski definition) is 1. The van der Waals surface area contributed by atoms with Crippen LogP contribution in [-0.2, 0) is 33.7 Å². The number of nitrogens with one attached hydrogen (secondary N) is 1. The summed E-state index contributed by atoms with van der Waals surface area (Å²) in [6.45, 7) is 4.30. The van der Waals surface area contributed by atoms with E-state index in [1.54, 1.807) is 55.7 Å². The monoisotopic (exact) mass is 596 g/mol. The fourth-order valence-electron chi connectivity index (χ4n) is 4.58. The zero-order valence-corrected chi connectivity index (χ0v) is 24.5. The van der Waals surface area contributed by atoms with Gasteiger partial charge in [0, 0.05) is 4.88 Å². The van der Waals surface area contributed by atoms with E-state index in [1.165, 1.54) is 28.0 Å². The molecule has 8 nitrogen and oxygen atoms in total. The summed E-state index contributed by atoms with van der Waals surface area (Å²) in [4.78, 5) is 41.4. The highest BCUT2D eigenvalue weighted by atomic mass is 32.2. The minimum absolute atomic E-state index is 0.171. The molecule has 208 valence electrons. The van der Waals surface area contributed by atoms with Crippen molar-refractivity contribution in [2.75, 3.05) is 18.5 Å². The number of thioether (sulfide) groups is 1. The number of thiophene rings is 1. The minimum atomic E-state index is -0.403. The van der Waals surface area contributed by atoms with Crippen molar-refractivity contribution in [2.45, 2.75) is 39.7 Å². The van der Waals surface area contributed by atoms with Gasteiger partial charge in [-0.1, -0.05) is 43.0 Å². The molecule has 2 amide bonds. The van der Waals surface area contributed by atoms with Gasteiger partial charge in [-0.25, -0.2) is 4.79 Å². The molecule has 1 saturated heterocycles. The largest absolute Gasteiger partial charge is 0.484 e. The summed E-state index contributed by atoms with van der Waals surface area (Å²) in [7, 11) is 0. The fraction of sp³-hybridized carbons (Fsp3) is 0.310. The maximum atomic E-state index is 12.8. The number of thiocarbonyl (C=S) groups is 1. The first kappa shape index (κ1) is 28.1. The normalized spacial score (nSPS) is 17.7. The Morgan fingerprint density at radius 2 is 2.05 bits per heavy atom. The van der Waals surface area contributed by atoms with Gasteiger partial charge in [-0.15, -0.1) is 11.3 Å². The van der Waals surface area contributed by atoms with Crippen LogP contribution in [0.5, 0.6) is 5.75 Å². The van der Waals surface area contributed by atoms with Crippen molar-refractivity contribution in [3.8, 4) is 5.75 Å². The summed E-state index contributed by atoms with van der Waals surface area (Å²) in [5, 5.41) is 3.38. The smallest absolute Gasteiger partial charge is 0.341 e. The van der Waals surface area contributed by atoms with Gasteiger partial charge in [0.2, 0.25) is 0 Å². The third-order valence-electron chi connectivity index (χ3n) is 6.56. The van der Waals surface area contributed by atoms with Crippen molar-refractivity contribution in [3.05, 3.63) is 74.9 Å². The van der Waals surface area contributed by atoms with Crippen LogP contribution in [0.4, 0.5) is 5.00 Å². The zero-order valence-electron chi connectivity index (χ0n) is 22.1. The summed E-state index contributed by atoms with van der Waals surface area (Å²) >= 11 is 8.07. The van der Waals surface area contributed by atoms with E-state index >= 15 is 0 Å². The van der Waals surface area contributed by atoms with Crippen LogP contribution in [0.1, 0.15) is 52.4 Å². The molecule has 11 heteroatoms. The van der Waals surface area contributed by atoms with Gasteiger partial charge in [-0.05, 0) is 73.6 Å². The van der Waals surface area contributed by atoms with Crippen LogP contribution in [0.3, 0.4) is 0 Å². The third-order valence-corrected chi connectivity index (χ3v) is 9.11. The number of fused-ring (bicyclic) bond motifs is 1. The molecule has 1 fully saturated rings. The first-order chi connectivity index (χ1) is 19.3. The summed E-state index contributed by atoms with van der Waals surface area (Å²) in [5.41, 5.74) is 2.26. The standard InChI is InChI=1S/C29H28N2O6S3/c1-3-35-28(34)25-21-11-6-17(2)13-22(21)39-26(25)30-24(32)16-37-19-9-7-18(8-10-19)14-23-27(33)31(29(38)40-23)15-20-5-4-12-36-20/h4-5,7-10,12,14,17H,3,6,11,13,15-16H2,1-2H3,(H,30,32)/b23-14-. The van der Waals surface area contributed by atoms with Crippen LogP contribution < -0.4 is 10.1 Å². The molecule has 0 bridgehead atoms. The summed E-state index contributed by atoms with van der Waals surface area (Å²) in [5.74, 6) is 0.765. The Bertz CT molecular complexity index is 1460. The summed E-state index contributed by atoms with van der Waals surface area (Å²) in [6, 6.07) is 10.6. The Morgan fingerprint density at radius 3 is 2.77 bits per heavy atom. The van der Waals surface area contributed by atoms with Crippen LogP contribution in [0.2, 0.25) is 0 Å².